The number of nitrogens with zero attached hydrogens (tertiary/aromatic N) is 1. The molecule has 1 aliphatic carbocycles. The van der Waals surface area contributed by atoms with Crippen LogP contribution in [0.2, 0.25) is 0 Å². The van der Waals surface area contributed by atoms with E-state index in [0.29, 0.717) is 12.0 Å². The summed E-state index contributed by atoms with van der Waals surface area (Å²) in [6.07, 6.45) is 1.79. The minimum atomic E-state index is -0.838. The molecule has 5 heteroatoms. The number of rotatable bonds is 7. The molecule has 25 heavy (non-hydrogen) atoms. The van der Waals surface area contributed by atoms with Crippen molar-refractivity contribution >= 4 is 5.91 Å². The second-order valence-corrected chi connectivity index (χ2v) is 6.47. The molecule has 0 radical (unpaired) electrons. The first-order chi connectivity index (χ1) is 12.0. The van der Waals surface area contributed by atoms with Gasteiger partial charge in [-0.15, -0.1) is 0 Å². The van der Waals surface area contributed by atoms with Crippen LogP contribution in [0.5, 0.6) is 5.75 Å². The van der Waals surface area contributed by atoms with Gasteiger partial charge in [0.1, 0.15) is 11.6 Å². The van der Waals surface area contributed by atoms with Gasteiger partial charge in [0.05, 0.1) is 12.6 Å². The van der Waals surface area contributed by atoms with Crippen molar-refractivity contribution in [2.45, 2.75) is 37.8 Å². The quantitative estimate of drug-likeness (QED) is 0.812. The van der Waals surface area contributed by atoms with Crippen LogP contribution in [0.4, 0.5) is 4.39 Å². The number of benzene rings is 2. The van der Waals surface area contributed by atoms with Crippen molar-refractivity contribution in [3.63, 3.8) is 0 Å². The minimum absolute atomic E-state index is 0.0353. The van der Waals surface area contributed by atoms with E-state index in [1.165, 1.54) is 24.3 Å². The second kappa shape index (κ2) is 7.66. The van der Waals surface area contributed by atoms with E-state index in [0.717, 1.165) is 18.4 Å². The fraction of sp³-hybridized carbons (Fsp3) is 0.350. The van der Waals surface area contributed by atoms with Crippen LogP contribution in [-0.4, -0.2) is 33.6 Å². The van der Waals surface area contributed by atoms with E-state index in [1.54, 1.807) is 23.1 Å². The molecule has 2 aromatic rings. The summed E-state index contributed by atoms with van der Waals surface area (Å²) in [5.41, 5.74) is 1.34. The highest BCUT2D eigenvalue weighted by Crippen LogP contribution is 2.30. The number of amides is 1. The predicted molar refractivity (Wildman–Crippen MR) is 92.5 cm³/mol. The van der Waals surface area contributed by atoms with Gasteiger partial charge >= 0.3 is 0 Å². The van der Waals surface area contributed by atoms with Crippen molar-refractivity contribution in [3.05, 3.63) is 65.5 Å². The molecular weight excluding hydrogens is 321 g/mol. The van der Waals surface area contributed by atoms with E-state index in [1.807, 2.05) is 6.07 Å². The van der Waals surface area contributed by atoms with Crippen LogP contribution in [0.1, 0.15) is 36.5 Å². The second-order valence-electron chi connectivity index (χ2n) is 6.47. The number of halogens is 1. The molecule has 1 amide bonds. The van der Waals surface area contributed by atoms with Crippen LogP contribution in [0, 0.1) is 5.82 Å². The summed E-state index contributed by atoms with van der Waals surface area (Å²) in [5, 5.41) is 20.2. The standard InChI is InChI=1S/C20H22FNO3/c21-16-8-5-15(6-9-16)19(24)13-22(17-10-11-17)20(25)12-7-14-3-1-2-4-18(14)23/h1-6,8-9,17,19,23-24H,7,10-13H2. The Morgan fingerprint density at radius 1 is 1.16 bits per heavy atom. The normalized spacial score (nSPS) is 15.0. The lowest BCUT2D eigenvalue weighted by Gasteiger charge is -2.25. The molecule has 1 aliphatic rings. The van der Waals surface area contributed by atoms with Crippen molar-refractivity contribution in [3.8, 4) is 5.75 Å². The molecule has 2 N–H and O–H groups in total. The van der Waals surface area contributed by atoms with Crippen LogP contribution in [-0.2, 0) is 11.2 Å². The zero-order valence-electron chi connectivity index (χ0n) is 13.9. The fourth-order valence-corrected chi connectivity index (χ4v) is 2.92. The Balaban J connectivity index is 1.61. The first-order valence-electron chi connectivity index (χ1n) is 8.54. The van der Waals surface area contributed by atoms with Crippen LogP contribution in [0.3, 0.4) is 0 Å². The summed E-state index contributed by atoms with van der Waals surface area (Å²) in [7, 11) is 0. The highest BCUT2D eigenvalue weighted by Gasteiger charge is 2.33. The first kappa shape index (κ1) is 17.4. The lowest BCUT2D eigenvalue weighted by Crippen LogP contribution is -2.36. The maximum atomic E-state index is 13.0. The molecule has 0 aromatic heterocycles. The molecule has 4 nitrogen and oxygen atoms in total. The van der Waals surface area contributed by atoms with Crippen molar-refractivity contribution < 1.29 is 19.4 Å². The summed E-state index contributed by atoms with van der Waals surface area (Å²) in [6, 6.07) is 12.8. The summed E-state index contributed by atoms with van der Waals surface area (Å²) in [4.78, 5) is 14.3. The Morgan fingerprint density at radius 3 is 2.48 bits per heavy atom. The average molecular weight is 343 g/mol. The van der Waals surface area contributed by atoms with Crippen molar-refractivity contribution in [1.29, 1.82) is 0 Å². The number of para-hydroxylation sites is 1. The zero-order valence-corrected chi connectivity index (χ0v) is 13.9. The topological polar surface area (TPSA) is 60.8 Å². The van der Waals surface area contributed by atoms with Gasteiger partial charge in [-0.1, -0.05) is 30.3 Å². The Hall–Kier alpha value is -2.40. The van der Waals surface area contributed by atoms with Crippen LogP contribution in [0.25, 0.3) is 0 Å². The van der Waals surface area contributed by atoms with Gasteiger partial charge in [-0.25, -0.2) is 4.39 Å². The summed E-state index contributed by atoms with van der Waals surface area (Å²) in [6.45, 7) is 0.204. The third-order valence-electron chi connectivity index (χ3n) is 4.53. The van der Waals surface area contributed by atoms with Crippen molar-refractivity contribution in [2.75, 3.05) is 6.54 Å². The third-order valence-corrected chi connectivity index (χ3v) is 4.53. The lowest BCUT2D eigenvalue weighted by atomic mass is 10.1. The van der Waals surface area contributed by atoms with Gasteiger partial charge in [0.25, 0.3) is 0 Å². The molecule has 0 saturated heterocycles. The Bertz CT molecular complexity index is 728. The van der Waals surface area contributed by atoms with Gasteiger partial charge in [0, 0.05) is 12.5 Å². The number of phenols is 1. The van der Waals surface area contributed by atoms with Gasteiger partial charge in [0.15, 0.2) is 0 Å². The molecule has 1 atom stereocenters. The highest BCUT2D eigenvalue weighted by molar-refractivity contribution is 5.77. The molecule has 1 saturated carbocycles. The first-order valence-corrected chi connectivity index (χ1v) is 8.54. The van der Waals surface area contributed by atoms with E-state index in [4.69, 9.17) is 0 Å². The highest BCUT2D eigenvalue weighted by atomic mass is 19.1. The third kappa shape index (κ3) is 4.57. The number of aryl methyl sites for hydroxylation is 1. The average Bonchev–Trinajstić information content (AvgIpc) is 3.44. The molecule has 132 valence electrons. The molecule has 0 heterocycles. The van der Waals surface area contributed by atoms with E-state index in [9.17, 15) is 19.4 Å². The van der Waals surface area contributed by atoms with Crippen LogP contribution >= 0.6 is 0 Å². The van der Waals surface area contributed by atoms with Crippen LogP contribution in [0.15, 0.2) is 48.5 Å². The summed E-state index contributed by atoms with van der Waals surface area (Å²) < 4.78 is 13.0. The van der Waals surface area contributed by atoms with Gasteiger partial charge in [-0.05, 0) is 48.6 Å². The number of aliphatic hydroxyl groups excluding tert-OH is 1. The monoisotopic (exact) mass is 343 g/mol. The number of hydrogen-bond acceptors (Lipinski definition) is 3. The molecule has 0 bridgehead atoms. The number of phenolic OH excluding ortho intramolecular Hbond substituents is 1. The maximum Gasteiger partial charge on any atom is 0.223 e. The molecule has 3 rings (SSSR count). The Morgan fingerprint density at radius 2 is 1.84 bits per heavy atom. The molecule has 2 aromatic carbocycles. The van der Waals surface area contributed by atoms with Gasteiger partial charge in [-0.3, -0.25) is 4.79 Å². The number of carbonyl (C=O) groups excluding carboxylic acids is 1. The molecule has 1 unspecified atom stereocenters. The van der Waals surface area contributed by atoms with Gasteiger partial charge in [-0.2, -0.15) is 0 Å². The SMILES string of the molecule is O=C(CCc1ccccc1O)N(CC(O)c1ccc(F)cc1)C1CC1. The Kier molecular flexibility index (Phi) is 5.34. The van der Waals surface area contributed by atoms with E-state index in [2.05, 4.69) is 0 Å². The number of aliphatic hydroxyl groups is 1. The lowest BCUT2D eigenvalue weighted by molar-refractivity contribution is -0.133. The number of carbonyl (C=O) groups is 1. The van der Waals surface area contributed by atoms with E-state index < -0.39 is 6.10 Å². The molecular formula is C20H22FNO3. The van der Waals surface area contributed by atoms with Crippen LogP contribution < -0.4 is 0 Å². The van der Waals surface area contributed by atoms with Crippen molar-refractivity contribution in [1.82, 2.24) is 4.90 Å². The maximum absolute atomic E-state index is 13.0. The summed E-state index contributed by atoms with van der Waals surface area (Å²) >= 11 is 0. The van der Waals surface area contributed by atoms with Crippen molar-refractivity contribution in [2.24, 2.45) is 0 Å². The van der Waals surface area contributed by atoms with E-state index in [-0.39, 0.29) is 36.5 Å². The molecule has 0 spiro atoms. The molecule has 0 aliphatic heterocycles. The Labute approximate surface area is 146 Å². The number of aromatic hydroxyl groups is 1. The molecule has 1 fully saturated rings. The predicted octanol–water partition coefficient (Wildman–Crippen LogP) is 3.19. The van der Waals surface area contributed by atoms with Gasteiger partial charge < -0.3 is 15.1 Å². The largest absolute Gasteiger partial charge is 0.508 e. The van der Waals surface area contributed by atoms with E-state index >= 15 is 0 Å². The zero-order chi connectivity index (χ0) is 17.8. The minimum Gasteiger partial charge on any atom is -0.508 e. The van der Waals surface area contributed by atoms with Gasteiger partial charge in [0.2, 0.25) is 5.91 Å². The number of hydrogen-bond donors (Lipinski definition) is 2. The fourth-order valence-electron chi connectivity index (χ4n) is 2.92. The summed E-state index contributed by atoms with van der Waals surface area (Å²) in [5.74, 6) is -0.194. The smallest absolute Gasteiger partial charge is 0.223 e.